The summed E-state index contributed by atoms with van der Waals surface area (Å²) in [7, 11) is 1.17. The van der Waals surface area contributed by atoms with Crippen molar-refractivity contribution in [2.75, 3.05) is 7.11 Å². The Kier molecular flexibility index (Phi) is 4.51. The molecule has 0 bridgehead atoms. The van der Waals surface area contributed by atoms with Crippen LogP contribution in [0, 0.1) is 11.3 Å². The third kappa shape index (κ3) is 2.60. The first-order chi connectivity index (χ1) is 7.94. The number of hydrogen-bond donors (Lipinski definition) is 2. The van der Waals surface area contributed by atoms with Crippen molar-refractivity contribution < 1.29 is 24.5 Å². The third-order valence-corrected chi connectivity index (χ3v) is 3.77. The van der Waals surface area contributed by atoms with Gasteiger partial charge in [-0.1, -0.05) is 19.3 Å². The van der Waals surface area contributed by atoms with Crippen LogP contribution >= 0.6 is 0 Å². The fourth-order valence-corrected chi connectivity index (χ4v) is 2.57. The number of rotatable bonds is 3. The summed E-state index contributed by atoms with van der Waals surface area (Å²) in [5, 5.41) is 19.3. The highest BCUT2D eigenvalue weighted by Gasteiger charge is 2.52. The lowest BCUT2D eigenvalue weighted by Crippen LogP contribution is -2.48. The Hall–Kier alpha value is -1.10. The standard InChI is InChI=1S/C12H20O5/c1-12(10(14)15,11(16)17-2)8-6-4-3-5-7-9(8)13/h8-9,13H,3-7H2,1-2H3,(H,14,15). The van der Waals surface area contributed by atoms with Crippen LogP contribution in [-0.2, 0) is 14.3 Å². The molecule has 0 aliphatic heterocycles. The molecule has 3 atom stereocenters. The van der Waals surface area contributed by atoms with Crippen molar-refractivity contribution in [2.24, 2.45) is 11.3 Å². The van der Waals surface area contributed by atoms with E-state index in [2.05, 4.69) is 4.74 Å². The summed E-state index contributed by atoms with van der Waals surface area (Å²) in [5.41, 5.74) is -1.65. The first kappa shape index (κ1) is 14.0. The van der Waals surface area contributed by atoms with Gasteiger partial charge in [0.15, 0.2) is 5.41 Å². The normalized spacial score (nSPS) is 28.9. The summed E-state index contributed by atoms with van der Waals surface area (Å²) >= 11 is 0. The molecule has 2 N–H and O–H groups in total. The van der Waals surface area contributed by atoms with Gasteiger partial charge in [-0.05, 0) is 19.8 Å². The molecule has 3 unspecified atom stereocenters. The molecule has 0 aromatic heterocycles. The lowest BCUT2D eigenvalue weighted by atomic mass is 9.72. The van der Waals surface area contributed by atoms with Crippen molar-refractivity contribution in [2.45, 2.75) is 45.1 Å². The molecule has 1 fully saturated rings. The van der Waals surface area contributed by atoms with Crippen LogP contribution in [0.4, 0.5) is 0 Å². The van der Waals surface area contributed by atoms with Crippen molar-refractivity contribution in [3.05, 3.63) is 0 Å². The number of carbonyl (C=O) groups is 2. The van der Waals surface area contributed by atoms with Crippen molar-refractivity contribution in [1.29, 1.82) is 0 Å². The number of aliphatic carboxylic acids is 1. The van der Waals surface area contributed by atoms with Gasteiger partial charge in [0.1, 0.15) is 0 Å². The Morgan fingerprint density at radius 1 is 1.24 bits per heavy atom. The predicted octanol–water partition coefficient (Wildman–Crippen LogP) is 1.19. The number of aliphatic hydroxyl groups is 1. The van der Waals surface area contributed by atoms with Gasteiger partial charge in [-0.15, -0.1) is 0 Å². The molecular weight excluding hydrogens is 224 g/mol. The zero-order valence-electron chi connectivity index (χ0n) is 10.3. The Bertz CT molecular complexity index is 301. The predicted molar refractivity (Wildman–Crippen MR) is 60.3 cm³/mol. The highest BCUT2D eigenvalue weighted by atomic mass is 16.5. The zero-order valence-corrected chi connectivity index (χ0v) is 10.3. The molecule has 0 spiro atoms. The number of ether oxygens (including phenoxy) is 1. The zero-order chi connectivity index (χ0) is 13.1. The molecular formula is C12H20O5. The van der Waals surface area contributed by atoms with E-state index >= 15 is 0 Å². The first-order valence-electron chi connectivity index (χ1n) is 5.94. The van der Waals surface area contributed by atoms with Gasteiger partial charge in [-0.25, -0.2) is 0 Å². The molecule has 1 saturated carbocycles. The lowest BCUT2D eigenvalue weighted by molar-refractivity contribution is -0.174. The van der Waals surface area contributed by atoms with Crippen LogP contribution in [0.1, 0.15) is 39.0 Å². The summed E-state index contributed by atoms with van der Waals surface area (Å²) < 4.78 is 4.59. The van der Waals surface area contributed by atoms with Crippen LogP contribution in [0.15, 0.2) is 0 Å². The molecule has 5 nitrogen and oxygen atoms in total. The van der Waals surface area contributed by atoms with Crippen molar-refractivity contribution in [3.8, 4) is 0 Å². The van der Waals surface area contributed by atoms with Gasteiger partial charge in [-0.3, -0.25) is 9.59 Å². The van der Waals surface area contributed by atoms with E-state index in [0.29, 0.717) is 12.8 Å². The molecule has 17 heavy (non-hydrogen) atoms. The number of hydrogen-bond acceptors (Lipinski definition) is 4. The van der Waals surface area contributed by atoms with Gasteiger partial charge in [-0.2, -0.15) is 0 Å². The summed E-state index contributed by atoms with van der Waals surface area (Å²) in [5.74, 6) is -2.58. The van der Waals surface area contributed by atoms with Crippen LogP contribution in [-0.4, -0.2) is 35.4 Å². The molecule has 0 amide bonds. The summed E-state index contributed by atoms with van der Waals surface area (Å²) in [6.45, 7) is 1.35. The number of carbonyl (C=O) groups excluding carboxylic acids is 1. The van der Waals surface area contributed by atoms with Gasteiger partial charge in [0.05, 0.1) is 13.2 Å². The van der Waals surface area contributed by atoms with E-state index in [1.54, 1.807) is 0 Å². The number of methoxy groups -OCH3 is 1. The minimum atomic E-state index is -1.65. The molecule has 0 heterocycles. The Balaban J connectivity index is 3.03. The average Bonchev–Trinajstić information content (AvgIpc) is 2.51. The van der Waals surface area contributed by atoms with Crippen LogP contribution < -0.4 is 0 Å². The molecule has 0 aromatic rings. The quantitative estimate of drug-likeness (QED) is 0.442. The first-order valence-corrected chi connectivity index (χ1v) is 5.94. The van der Waals surface area contributed by atoms with E-state index in [4.69, 9.17) is 0 Å². The largest absolute Gasteiger partial charge is 0.480 e. The fraction of sp³-hybridized carbons (Fsp3) is 0.833. The van der Waals surface area contributed by atoms with Crippen LogP contribution in [0.5, 0.6) is 0 Å². The summed E-state index contributed by atoms with van der Waals surface area (Å²) in [4.78, 5) is 23.1. The third-order valence-electron chi connectivity index (χ3n) is 3.77. The minimum Gasteiger partial charge on any atom is -0.480 e. The second-order valence-corrected chi connectivity index (χ2v) is 4.81. The maximum absolute atomic E-state index is 11.7. The second kappa shape index (κ2) is 5.49. The van der Waals surface area contributed by atoms with Crippen molar-refractivity contribution in [1.82, 2.24) is 0 Å². The summed E-state index contributed by atoms with van der Waals surface area (Å²) in [6, 6.07) is 0. The Morgan fingerprint density at radius 2 is 1.82 bits per heavy atom. The molecule has 0 saturated heterocycles. The van der Waals surface area contributed by atoms with Crippen LogP contribution in [0.3, 0.4) is 0 Å². The highest BCUT2D eigenvalue weighted by molar-refractivity contribution is 5.99. The van der Waals surface area contributed by atoms with E-state index in [-0.39, 0.29) is 0 Å². The smallest absolute Gasteiger partial charge is 0.323 e. The van der Waals surface area contributed by atoms with Gasteiger partial charge in [0.25, 0.3) is 0 Å². The highest BCUT2D eigenvalue weighted by Crippen LogP contribution is 2.39. The maximum Gasteiger partial charge on any atom is 0.323 e. The SMILES string of the molecule is COC(=O)C(C)(C(=O)O)C1CCCCCC1O. The lowest BCUT2D eigenvalue weighted by Gasteiger charge is -2.33. The Morgan fingerprint density at radius 3 is 2.35 bits per heavy atom. The van der Waals surface area contributed by atoms with Crippen LogP contribution in [0.25, 0.3) is 0 Å². The van der Waals surface area contributed by atoms with Gasteiger partial charge in [0, 0.05) is 5.92 Å². The van der Waals surface area contributed by atoms with E-state index < -0.39 is 29.4 Å². The van der Waals surface area contributed by atoms with Crippen LogP contribution in [0.2, 0.25) is 0 Å². The van der Waals surface area contributed by atoms with E-state index in [9.17, 15) is 19.8 Å². The molecule has 1 aliphatic rings. The van der Waals surface area contributed by atoms with Gasteiger partial charge < -0.3 is 14.9 Å². The summed E-state index contributed by atoms with van der Waals surface area (Å²) in [6.07, 6.45) is 3.00. The van der Waals surface area contributed by atoms with E-state index in [0.717, 1.165) is 19.3 Å². The number of aliphatic hydroxyl groups excluding tert-OH is 1. The molecule has 98 valence electrons. The maximum atomic E-state index is 11.7. The van der Waals surface area contributed by atoms with Crippen molar-refractivity contribution in [3.63, 3.8) is 0 Å². The minimum absolute atomic E-state index is 0.541. The number of carboxylic acid groups (broad SMARTS) is 1. The Labute approximate surface area is 101 Å². The number of carboxylic acids is 1. The average molecular weight is 244 g/mol. The van der Waals surface area contributed by atoms with Gasteiger partial charge in [0.2, 0.25) is 0 Å². The topological polar surface area (TPSA) is 83.8 Å². The van der Waals surface area contributed by atoms with Crippen molar-refractivity contribution >= 4 is 11.9 Å². The second-order valence-electron chi connectivity index (χ2n) is 4.81. The molecule has 5 heteroatoms. The molecule has 0 radical (unpaired) electrons. The molecule has 1 aliphatic carbocycles. The molecule has 0 aromatic carbocycles. The monoisotopic (exact) mass is 244 g/mol. The molecule has 1 rings (SSSR count). The fourth-order valence-electron chi connectivity index (χ4n) is 2.57. The van der Waals surface area contributed by atoms with E-state index in [1.807, 2.05) is 0 Å². The van der Waals surface area contributed by atoms with Gasteiger partial charge >= 0.3 is 11.9 Å². The van der Waals surface area contributed by atoms with E-state index in [1.165, 1.54) is 14.0 Å². The number of esters is 1.